The van der Waals surface area contributed by atoms with Crippen molar-refractivity contribution in [1.29, 1.82) is 5.26 Å². The van der Waals surface area contributed by atoms with E-state index in [-0.39, 0.29) is 6.10 Å². The summed E-state index contributed by atoms with van der Waals surface area (Å²) >= 11 is 0. The molecule has 1 fully saturated rings. The molecule has 4 rings (SSSR count). The van der Waals surface area contributed by atoms with E-state index in [1.807, 2.05) is 52.8 Å². The second-order valence-electron chi connectivity index (χ2n) is 6.60. The predicted molar refractivity (Wildman–Crippen MR) is 94.1 cm³/mol. The van der Waals surface area contributed by atoms with E-state index in [0.717, 1.165) is 48.4 Å². The number of rotatable bonds is 4. The molecule has 0 saturated carbocycles. The molecule has 6 nitrogen and oxygen atoms in total. The van der Waals surface area contributed by atoms with Gasteiger partial charge in [-0.3, -0.25) is 9.58 Å². The average molecular weight is 335 g/mol. The minimum Gasteiger partial charge on any atom is -0.374 e. The van der Waals surface area contributed by atoms with Crippen molar-refractivity contribution < 1.29 is 4.74 Å². The summed E-state index contributed by atoms with van der Waals surface area (Å²) in [4.78, 5) is 2.36. The SMILES string of the molecule is Cc1cnn(C[C@@H]2CN(Cc3cn4ccccc4c3C#N)CCO2)c1. The molecule has 4 heterocycles. The second-order valence-corrected chi connectivity index (χ2v) is 6.60. The number of aryl methyl sites for hydroxylation is 1. The molecule has 1 atom stereocenters. The third-order valence-electron chi connectivity index (χ3n) is 4.64. The molecule has 0 spiro atoms. The van der Waals surface area contributed by atoms with E-state index in [1.165, 1.54) is 0 Å². The maximum absolute atomic E-state index is 9.57. The van der Waals surface area contributed by atoms with Crippen molar-refractivity contribution in [2.24, 2.45) is 0 Å². The van der Waals surface area contributed by atoms with Crippen LogP contribution in [0.3, 0.4) is 0 Å². The van der Waals surface area contributed by atoms with Crippen molar-refractivity contribution in [1.82, 2.24) is 19.1 Å². The number of hydrogen-bond acceptors (Lipinski definition) is 4. The smallest absolute Gasteiger partial charge is 0.102 e. The molecule has 6 heteroatoms. The van der Waals surface area contributed by atoms with Crippen LogP contribution in [0, 0.1) is 18.3 Å². The van der Waals surface area contributed by atoms with Crippen LogP contribution in [0.4, 0.5) is 0 Å². The highest BCUT2D eigenvalue weighted by atomic mass is 16.5. The lowest BCUT2D eigenvalue weighted by atomic mass is 10.1. The highest BCUT2D eigenvalue weighted by Crippen LogP contribution is 2.20. The molecule has 0 bridgehead atoms. The van der Waals surface area contributed by atoms with Crippen LogP contribution in [0.2, 0.25) is 0 Å². The molecule has 0 aromatic carbocycles. The molecule has 0 aliphatic carbocycles. The van der Waals surface area contributed by atoms with Crippen LogP contribution in [0.1, 0.15) is 16.7 Å². The Bertz CT molecular complexity index is 919. The Morgan fingerprint density at radius 3 is 3.08 bits per heavy atom. The van der Waals surface area contributed by atoms with Gasteiger partial charge in [-0.25, -0.2) is 0 Å². The van der Waals surface area contributed by atoms with Crippen molar-refractivity contribution in [3.8, 4) is 6.07 Å². The molecule has 0 unspecified atom stereocenters. The molecule has 1 aliphatic heterocycles. The van der Waals surface area contributed by atoms with Crippen LogP contribution in [0.5, 0.6) is 0 Å². The summed E-state index contributed by atoms with van der Waals surface area (Å²) < 4.78 is 9.87. The van der Waals surface area contributed by atoms with E-state index in [1.54, 1.807) is 0 Å². The average Bonchev–Trinajstić information content (AvgIpc) is 3.17. The topological polar surface area (TPSA) is 58.5 Å². The first-order valence-corrected chi connectivity index (χ1v) is 8.54. The Hall–Kier alpha value is -2.62. The Morgan fingerprint density at radius 2 is 2.28 bits per heavy atom. The van der Waals surface area contributed by atoms with Gasteiger partial charge >= 0.3 is 0 Å². The van der Waals surface area contributed by atoms with E-state index in [2.05, 4.69) is 22.3 Å². The van der Waals surface area contributed by atoms with Crippen LogP contribution < -0.4 is 0 Å². The summed E-state index contributed by atoms with van der Waals surface area (Å²) in [7, 11) is 0. The van der Waals surface area contributed by atoms with Crippen molar-refractivity contribution in [2.45, 2.75) is 26.1 Å². The van der Waals surface area contributed by atoms with E-state index in [9.17, 15) is 5.26 Å². The molecular weight excluding hydrogens is 314 g/mol. The lowest BCUT2D eigenvalue weighted by Crippen LogP contribution is -2.43. The van der Waals surface area contributed by atoms with Crippen LogP contribution >= 0.6 is 0 Å². The molecule has 0 amide bonds. The van der Waals surface area contributed by atoms with Gasteiger partial charge in [0.05, 0.1) is 36.5 Å². The first-order valence-electron chi connectivity index (χ1n) is 8.54. The quantitative estimate of drug-likeness (QED) is 0.733. The van der Waals surface area contributed by atoms with Gasteiger partial charge in [-0.05, 0) is 24.6 Å². The summed E-state index contributed by atoms with van der Waals surface area (Å²) in [6, 6.07) is 8.31. The number of nitriles is 1. The fourth-order valence-electron chi connectivity index (χ4n) is 3.48. The minimum atomic E-state index is 0.121. The van der Waals surface area contributed by atoms with Gasteiger partial charge in [0, 0.05) is 43.8 Å². The van der Waals surface area contributed by atoms with Crippen molar-refractivity contribution >= 4 is 5.52 Å². The maximum Gasteiger partial charge on any atom is 0.102 e. The first kappa shape index (κ1) is 15.9. The predicted octanol–water partition coefficient (Wildman–Crippen LogP) is 2.22. The number of hydrogen-bond donors (Lipinski definition) is 0. The van der Waals surface area contributed by atoms with Gasteiger partial charge in [0.15, 0.2) is 0 Å². The number of pyridine rings is 1. The number of fused-ring (bicyclic) bond motifs is 1. The van der Waals surface area contributed by atoms with Gasteiger partial charge in [-0.15, -0.1) is 0 Å². The number of morpholine rings is 1. The third-order valence-corrected chi connectivity index (χ3v) is 4.64. The van der Waals surface area contributed by atoms with Crippen molar-refractivity contribution in [2.75, 3.05) is 19.7 Å². The Balaban J connectivity index is 1.48. The van der Waals surface area contributed by atoms with E-state index >= 15 is 0 Å². The summed E-state index contributed by atoms with van der Waals surface area (Å²) in [6.07, 6.45) is 8.08. The number of aromatic nitrogens is 3. The first-order chi connectivity index (χ1) is 12.2. The number of ether oxygens (including phenoxy) is 1. The highest BCUT2D eigenvalue weighted by molar-refractivity contribution is 5.65. The summed E-state index contributed by atoms with van der Waals surface area (Å²) in [6.45, 7) is 6.00. The Morgan fingerprint density at radius 1 is 1.36 bits per heavy atom. The van der Waals surface area contributed by atoms with Crippen LogP contribution in [0.15, 0.2) is 43.0 Å². The summed E-state index contributed by atoms with van der Waals surface area (Å²) in [5, 5.41) is 13.9. The fourth-order valence-corrected chi connectivity index (χ4v) is 3.48. The van der Waals surface area contributed by atoms with Crippen LogP contribution in [0.25, 0.3) is 5.52 Å². The molecule has 1 saturated heterocycles. The van der Waals surface area contributed by atoms with Gasteiger partial charge in [-0.1, -0.05) is 6.07 Å². The molecule has 0 radical (unpaired) electrons. The zero-order valence-electron chi connectivity index (χ0n) is 14.3. The van der Waals surface area contributed by atoms with Gasteiger partial charge < -0.3 is 9.14 Å². The van der Waals surface area contributed by atoms with Gasteiger partial charge in [-0.2, -0.15) is 10.4 Å². The van der Waals surface area contributed by atoms with Gasteiger partial charge in [0.2, 0.25) is 0 Å². The Labute approximate surface area is 146 Å². The zero-order valence-corrected chi connectivity index (χ0v) is 14.3. The zero-order chi connectivity index (χ0) is 17.2. The number of nitrogens with zero attached hydrogens (tertiary/aromatic N) is 5. The third kappa shape index (κ3) is 3.29. The minimum absolute atomic E-state index is 0.121. The molecule has 0 N–H and O–H groups in total. The monoisotopic (exact) mass is 335 g/mol. The van der Waals surface area contributed by atoms with Gasteiger partial charge in [0.1, 0.15) is 6.07 Å². The Kier molecular flexibility index (Phi) is 4.26. The largest absolute Gasteiger partial charge is 0.374 e. The molecule has 3 aromatic heterocycles. The van der Waals surface area contributed by atoms with Crippen molar-refractivity contribution in [3.63, 3.8) is 0 Å². The summed E-state index contributed by atoms with van der Waals surface area (Å²) in [5.41, 5.74) is 3.97. The normalized spacial score (nSPS) is 18.5. The van der Waals surface area contributed by atoms with Crippen molar-refractivity contribution in [3.05, 3.63) is 59.7 Å². The molecule has 1 aliphatic rings. The summed E-state index contributed by atoms with van der Waals surface area (Å²) in [5.74, 6) is 0. The standard InChI is InChI=1S/C19H21N5O/c1-15-9-21-24(10-15)14-17-13-22(6-7-25-17)11-16-12-23-5-3-2-4-19(23)18(16)8-20/h2-5,9-10,12,17H,6-7,11,13-14H2,1H3/t17-/m0/s1. The van der Waals surface area contributed by atoms with Gasteiger partial charge in [0.25, 0.3) is 0 Å². The van der Waals surface area contributed by atoms with E-state index < -0.39 is 0 Å². The molecule has 3 aromatic rings. The van der Waals surface area contributed by atoms with E-state index in [0.29, 0.717) is 6.61 Å². The lowest BCUT2D eigenvalue weighted by molar-refractivity contribution is -0.0402. The van der Waals surface area contributed by atoms with Crippen LogP contribution in [-0.2, 0) is 17.8 Å². The van der Waals surface area contributed by atoms with E-state index in [4.69, 9.17) is 4.74 Å². The fraction of sp³-hybridized carbons (Fsp3) is 0.368. The maximum atomic E-state index is 9.57. The molecular formula is C19H21N5O. The van der Waals surface area contributed by atoms with Crippen LogP contribution in [-0.4, -0.2) is 44.9 Å². The molecule has 25 heavy (non-hydrogen) atoms. The second kappa shape index (κ2) is 6.71. The highest BCUT2D eigenvalue weighted by Gasteiger charge is 2.23. The molecule has 128 valence electrons. The lowest BCUT2D eigenvalue weighted by Gasteiger charge is -2.32.